The van der Waals surface area contributed by atoms with Crippen LogP contribution >= 0.6 is 11.8 Å². The van der Waals surface area contributed by atoms with Gasteiger partial charge < -0.3 is 10.3 Å². The van der Waals surface area contributed by atoms with Gasteiger partial charge in [0.2, 0.25) is 0 Å². The van der Waals surface area contributed by atoms with Crippen molar-refractivity contribution in [2.45, 2.75) is 9.79 Å². The third-order valence-electron chi connectivity index (χ3n) is 3.19. The Kier molecular flexibility index (Phi) is 4.59. The number of anilines is 1. The number of carbonyl (C=O) groups is 2. The van der Waals surface area contributed by atoms with Gasteiger partial charge in [-0.3, -0.25) is 9.59 Å². The lowest BCUT2D eigenvalue weighted by Gasteiger charge is -2.10. The zero-order valence-corrected chi connectivity index (χ0v) is 13.0. The summed E-state index contributed by atoms with van der Waals surface area (Å²) in [5.74, 6) is -0.279. The Labute approximate surface area is 137 Å². The van der Waals surface area contributed by atoms with Crippen LogP contribution in [0.1, 0.15) is 20.8 Å². The Morgan fingerprint density at radius 2 is 1.78 bits per heavy atom. The average molecular weight is 322 g/mol. The summed E-state index contributed by atoms with van der Waals surface area (Å²) >= 11 is 1.58. The summed E-state index contributed by atoms with van der Waals surface area (Å²) in [4.78, 5) is 27.8. The number of rotatable bonds is 5. The quantitative estimate of drug-likeness (QED) is 0.691. The summed E-state index contributed by atoms with van der Waals surface area (Å²) in [5.41, 5.74) is 1.53. The minimum absolute atomic E-state index is 0.279. The molecule has 0 aliphatic rings. The Morgan fingerprint density at radius 1 is 1.04 bits per heavy atom. The van der Waals surface area contributed by atoms with Crippen molar-refractivity contribution in [1.29, 1.82) is 0 Å². The third kappa shape index (κ3) is 3.70. The third-order valence-corrected chi connectivity index (χ3v) is 4.28. The van der Waals surface area contributed by atoms with Crippen LogP contribution in [0, 0.1) is 0 Å². The highest BCUT2D eigenvalue weighted by atomic mass is 32.2. The van der Waals surface area contributed by atoms with Crippen molar-refractivity contribution in [3.05, 3.63) is 78.1 Å². The minimum Gasteiger partial charge on any atom is -0.356 e. The highest BCUT2D eigenvalue weighted by Crippen LogP contribution is 2.33. The molecule has 0 spiro atoms. The minimum atomic E-state index is -0.279. The molecular weight excluding hydrogens is 308 g/mol. The van der Waals surface area contributed by atoms with E-state index in [0.717, 1.165) is 15.5 Å². The van der Waals surface area contributed by atoms with Crippen molar-refractivity contribution >= 4 is 29.6 Å². The van der Waals surface area contributed by atoms with Gasteiger partial charge in [0.1, 0.15) is 5.69 Å². The molecule has 0 bridgehead atoms. The zero-order chi connectivity index (χ0) is 16.1. The molecule has 114 valence electrons. The van der Waals surface area contributed by atoms with Gasteiger partial charge >= 0.3 is 0 Å². The van der Waals surface area contributed by atoms with E-state index in [1.165, 1.54) is 12.3 Å². The number of aromatic amines is 1. The first-order chi connectivity index (χ1) is 11.3. The summed E-state index contributed by atoms with van der Waals surface area (Å²) in [6, 6.07) is 19.1. The Hall–Kier alpha value is -2.79. The molecule has 0 fully saturated rings. The molecule has 3 rings (SSSR count). The van der Waals surface area contributed by atoms with Crippen LogP contribution < -0.4 is 5.32 Å². The van der Waals surface area contributed by atoms with Crippen molar-refractivity contribution < 1.29 is 9.59 Å². The van der Waals surface area contributed by atoms with Crippen molar-refractivity contribution in [1.82, 2.24) is 4.98 Å². The molecule has 3 aromatic rings. The zero-order valence-electron chi connectivity index (χ0n) is 12.2. The molecule has 2 aromatic carbocycles. The first-order valence-corrected chi connectivity index (χ1v) is 7.85. The van der Waals surface area contributed by atoms with E-state index < -0.39 is 0 Å². The van der Waals surface area contributed by atoms with Crippen LogP contribution in [0.25, 0.3) is 0 Å². The van der Waals surface area contributed by atoms with E-state index in [0.29, 0.717) is 17.5 Å². The maximum atomic E-state index is 12.3. The number of para-hydroxylation sites is 1. The van der Waals surface area contributed by atoms with Gasteiger partial charge in [0.15, 0.2) is 6.29 Å². The lowest BCUT2D eigenvalue weighted by Crippen LogP contribution is -2.12. The van der Waals surface area contributed by atoms with E-state index in [2.05, 4.69) is 10.3 Å². The van der Waals surface area contributed by atoms with Crippen LogP contribution in [0.3, 0.4) is 0 Å². The number of aromatic nitrogens is 1. The van der Waals surface area contributed by atoms with E-state index in [4.69, 9.17) is 0 Å². The Bertz CT molecular complexity index is 828. The van der Waals surface area contributed by atoms with Gasteiger partial charge in [0.25, 0.3) is 5.91 Å². The van der Waals surface area contributed by atoms with Gasteiger partial charge in [-0.1, -0.05) is 42.1 Å². The molecule has 0 aliphatic carbocycles. The molecule has 0 aliphatic heterocycles. The van der Waals surface area contributed by atoms with E-state index in [9.17, 15) is 9.59 Å². The lowest BCUT2D eigenvalue weighted by atomic mass is 10.3. The SMILES string of the molecule is O=Cc1c[nH]c(C(=O)Nc2ccccc2Sc2ccccc2)c1. The number of nitrogens with one attached hydrogen (secondary N) is 2. The normalized spacial score (nSPS) is 10.3. The summed E-state index contributed by atoms with van der Waals surface area (Å²) < 4.78 is 0. The average Bonchev–Trinajstić information content (AvgIpc) is 3.07. The fourth-order valence-electron chi connectivity index (χ4n) is 2.07. The topological polar surface area (TPSA) is 62.0 Å². The molecule has 2 N–H and O–H groups in total. The van der Waals surface area contributed by atoms with Gasteiger partial charge in [0.05, 0.1) is 5.69 Å². The molecule has 0 saturated heterocycles. The fourth-order valence-corrected chi connectivity index (χ4v) is 3.00. The van der Waals surface area contributed by atoms with Gasteiger partial charge in [-0.05, 0) is 30.3 Å². The van der Waals surface area contributed by atoms with Crippen molar-refractivity contribution in [3.63, 3.8) is 0 Å². The maximum Gasteiger partial charge on any atom is 0.272 e. The molecule has 23 heavy (non-hydrogen) atoms. The Morgan fingerprint density at radius 3 is 2.52 bits per heavy atom. The molecular formula is C18H14N2O2S. The number of hydrogen-bond donors (Lipinski definition) is 2. The Balaban J connectivity index is 1.80. The van der Waals surface area contributed by atoms with Crippen LogP contribution in [0.15, 0.2) is 76.7 Å². The molecule has 1 amide bonds. The monoisotopic (exact) mass is 322 g/mol. The maximum absolute atomic E-state index is 12.3. The number of benzene rings is 2. The molecule has 5 heteroatoms. The standard InChI is InChI=1S/C18H14N2O2S/c21-12-13-10-16(19-11-13)18(22)20-15-8-4-5-9-17(15)23-14-6-2-1-3-7-14/h1-12,19H,(H,20,22). The lowest BCUT2D eigenvalue weighted by molar-refractivity contribution is 0.102. The number of carbonyl (C=O) groups excluding carboxylic acids is 2. The van der Waals surface area contributed by atoms with Crippen LogP contribution in [-0.4, -0.2) is 17.2 Å². The summed E-state index contributed by atoms with van der Waals surface area (Å²) in [6.45, 7) is 0. The van der Waals surface area contributed by atoms with Crippen molar-refractivity contribution in [2.24, 2.45) is 0 Å². The predicted octanol–water partition coefficient (Wildman–Crippen LogP) is 4.23. The smallest absolute Gasteiger partial charge is 0.272 e. The number of H-pyrrole nitrogens is 1. The second-order valence-electron chi connectivity index (χ2n) is 4.83. The molecule has 4 nitrogen and oxygen atoms in total. The molecule has 1 heterocycles. The molecule has 0 unspecified atom stereocenters. The van der Waals surface area contributed by atoms with Crippen LogP contribution in [0.2, 0.25) is 0 Å². The highest BCUT2D eigenvalue weighted by Gasteiger charge is 2.11. The van der Waals surface area contributed by atoms with Crippen LogP contribution in [0.4, 0.5) is 5.69 Å². The van der Waals surface area contributed by atoms with E-state index in [1.807, 2.05) is 54.6 Å². The first kappa shape index (κ1) is 15.1. The fraction of sp³-hybridized carbons (Fsp3) is 0. The van der Waals surface area contributed by atoms with Crippen LogP contribution in [0.5, 0.6) is 0 Å². The summed E-state index contributed by atoms with van der Waals surface area (Å²) in [5, 5.41) is 2.88. The first-order valence-electron chi connectivity index (χ1n) is 7.03. The molecule has 0 saturated carbocycles. The van der Waals surface area contributed by atoms with Gasteiger partial charge in [-0.2, -0.15) is 0 Å². The van der Waals surface area contributed by atoms with Gasteiger partial charge in [-0.15, -0.1) is 0 Å². The van der Waals surface area contributed by atoms with E-state index in [1.54, 1.807) is 11.8 Å². The summed E-state index contributed by atoms with van der Waals surface area (Å²) in [6.07, 6.45) is 2.21. The van der Waals surface area contributed by atoms with E-state index in [-0.39, 0.29) is 5.91 Å². The predicted molar refractivity (Wildman–Crippen MR) is 91.1 cm³/mol. The second-order valence-corrected chi connectivity index (χ2v) is 5.95. The number of hydrogen-bond acceptors (Lipinski definition) is 3. The van der Waals surface area contributed by atoms with E-state index >= 15 is 0 Å². The number of amides is 1. The largest absolute Gasteiger partial charge is 0.356 e. The van der Waals surface area contributed by atoms with Crippen molar-refractivity contribution in [2.75, 3.05) is 5.32 Å². The van der Waals surface area contributed by atoms with Gasteiger partial charge in [0, 0.05) is 21.6 Å². The summed E-state index contributed by atoms with van der Waals surface area (Å²) in [7, 11) is 0. The molecule has 0 atom stereocenters. The molecule has 1 aromatic heterocycles. The second kappa shape index (κ2) is 6.98. The van der Waals surface area contributed by atoms with Crippen LogP contribution in [-0.2, 0) is 0 Å². The number of aldehydes is 1. The highest BCUT2D eigenvalue weighted by molar-refractivity contribution is 7.99. The van der Waals surface area contributed by atoms with Crippen molar-refractivity contribution in [3.8, 4) is 0 Å². The molecule has 0 radical (unpaired) electrons. The van der Waals surface area contributed by atoms with Gasteiger partial charge in [-0.25, -0.2) is 0 Å².